The van der Waals surface area contributed by atoms with Gasteiger partial charge < -0.3 is 5.73 Å². The van der Waals surface area contributed by atoms with E-state index in [2.05, 4.69) is 45.0 Å². The molecule has 0 aliphatic heterocycles. The number of hydrogen-bond acceptors (Lipinski definition) is 2. The number of nitrogens with two attached hydrogens (primary N) is 1. The van der Waals surface area contributed by atoms with Crippen LogP contribution in [0.2, 0.25) is 0 Å². The van der Waals surface area contributed by atoms with Crippen LogP contribution in [-0.2, 0) is 12.3 Å². The Labute approximate surface area is 91.1 Å². The molecule has 14 heavy (non-hydrogen) atoms. The second-order valence-electron chi connectivity index (χ2n) is 4.43. The molecule has 0 aromatic heterocycles. The lowest BCUT2D eigenvalue weighted by atomic mass is 10.1. The van der Waals surface area contributed by atoms with E-state index in [4.69, 9.17) is 5.73 Å². The van der Waals surface area contributed by atoms with Crippen LogP contribution < -0.4 is 5.73 Å². The maximum absolute atomic E-state index is 5.59. The van der Waals surface area contributed by atoms with Crippen molar-refractivity contribution in [2.75, 3.05) is 0 Å². The van der Waals surface area contributed by atoms with Crippen LogP contribution in [0, 0.1) is 0 Å². The van der Waals surface area contributed by atoms with Crippen LogP contribution in [0.25, 0.3) is 0 Å². The molecule has 0 amide bonds. The Bertz CT molecular complexity index is 289. The summed E-state index contributed by atoms with van der Waals surface area (Å²) >= 11 is 1.97. The van der Waals surface area contributed by atoms with Crippen LogP contribution in [-0.4, -0.2) is 4.75 Å². The van der Waals surface area contributed by atoms with Crippen molar-refractivity contribution in [2.24, 2.45) is 5.73 Å². The first kappa shape index (κ1) is 11.6. The van der Waals surface area contributed by atoms with Crippen molar-refractivity contribution in [3.63, 3.8) is 0 Å². The molecule has 1 aromatic rings. The molecule has 78 valence electrons. The van der Waals surface area contributed by atoms with Gasteiger partial charge in [0, 0.05) is 17.0 Å². The number of hydrogen-bond donors (Lipinski definition) is 1. The fourth-order valence-corrected chi connectivity index (χ4v) is 1.93. The van der Waals surface area contributed by atoms with E-state index in [1.165, 1.54) is 11.1 Å². The van der Waals surface area contributed by atoms with Gasteiger partial charge in [0.2, 0.25) is 0 Å². The maximum Gasteiger partial charge on any atom is 0.0189 e. The molecule has 0 spiro atoms. The Hall–Kier alpha value is -0.470. The van der Waals surface area contributed by atoms with E-state index in [1.54, 1.807) is 0 Å². The highest BCUT2D eigenvalue weighted by Gasteiger charge is 2.10. The third kappa shape index (κ3) is 4.16. The molecule has 0 aliphatic rings. The first-order chi connectivity index (χ1) is 6.51. The minimum atomic E-state index is 0.332. The van der Waals surface area contributed by atoms with Gasteiger partial charge in [0.1, 0.15) is 0 Å². The third-order valence-corrected chi connectivity index (χ3v) is 3.24. The number of rotatable bonds is 3. The van der Waals surface area contributed by atoms with Gasteiger partial charge in [-0.2, -0.15) is 11.8 Å². The first-order valence-corrected chi connectivity index (χ1v) is 5.92. The molecule has 0 saturated heterocycles. The molecule has 0 saturated carbocycles. The molecule has 0 radical (unpaired) electrons. The van der Waals surface area contributed by atoms with E-state index in [0.29, 0.717) is 11.3 Å². The fourth-order valence-electron chi connectivity index (χ4n) is 1.15. The summed E-state index contributed by atoms with van der Waals surface area (Å²) in [5, 5.41) is 0. The fraction of sp³-hybridized carbons (Fsp3) is 0.500. The lowest BCUT2D eigenvalue weighted by Crippen LogP contribution is -2.07. The van der Waals surface area contributed by atoms with Crippen LogP contribution in [0.5, 0.6) is 0 Å². The van der Waals surface area contributed by atoms with Crippen molar-refractivity contribution in [1.82, 2.24) is 0 Å². The van der Waals surface area contributed by atoms with E-state index in [-0.39, 0.29) is 0 Å². The summed E-state index contributed by atoms with van der Waals surface area (Å²) in [5.41, 5.74) is 8.18. The van der Waals surface area contributed by atoms with Crippen molar-refractivity contribution >= 4 is 11.8 Å². The smallest absolute Gasteiger partial charge is 0.0189 e. The minimum Gasteiger partial charge on any atom is -0.326 e. The Morgan fingerprint density at radius 3 is 2.43 bits per heavy atom. The predicted octanol–water partition coefficient (Wildman–Crippen LogP) is 3.18. The van der Waals surface area contributed by atoms with Gasteiger partial charge in [0.15, 0.2) is 0 Å². The van der Waals surface area contributed by atoms with Gasteiger partial charge >= 0.3 is 0 Å². The lowest BCUT2D eigenvalue weighted by molar-refractivity contribution is 0.802. The monoisotopic (exact) mass is 209 g/mol. The summed E-state index contributed by atoms with van der Waals surface area (Å²) in [7, 11) is 0. The van der Waals surface area contributed by atoms with Crippen molar-refractivity contribution in [2.45, 2.75) is 37.8 Å². The standard InChI is InChI=1S/C12H19NS/c1-12(2,3)14-9-11-6-4-5-10(7-11)8-13/h4-7H,8-9,13H2,1-3H3. The summed E-state index contributed by atoms with van der Waals surface area (Å²) in [6.45, 7) is 7.35. The van der Waals surface area contributed by atoms with Crippen molar-refractivity contribution in [3.05, 3.63) is 35.4 Å². The SMILES string of the molecule is CC(C)(C)SCc1cccc(CN)c1. The Balaban J connectivity index is 2.59. The van der Waals surface area contributed by atoms with Crippen molar-refractivity contribution < 1.29 is 0 Å². The zero-order valence-electron chi connectivity index (χ0n) is 9.21. The molecule has 1 rings (SSSR count). The average Bonchev–Trinajstić information content (AvgIpc) is 2.14. The highest BCUT2D eigenvalue weighted by Crippen LogP contribution is 2.27. The van der Waals surface area contributed by atoms with Gasteiger partial charge in [-0.25, -0.2) is 0 Å². The zero-order chi connectivity index (χ0) is 10.6. The second-order valence-corrected chi connectivity index (χ2v) is 6.23. The number of thioether (sulfide) groups is 1. The van der Waals surface area contributed by atoms with Crippen LogP contribution in [0.15, 0.2) is 24.3 Å². The lowest BCUT2D eigenvalue weighted by Gasteiger charge is -2.17. The van der Waals surface area contributed by atoms with Crippen LogP contribution in [0.3, 0.4) is 0 Å². The Morgan fingerprint density at radius 2 is 1.86 bits per heavy atom. The van der Waals surface area contributed by atoms with Crippen LogP contribution in [0.1, 0.15) is 31.9 Å². The van der Waals surface area contributed by atoms with Crippen LogP contribution >= 0.6 is 11.8 Å². The summed E-state index contributed by atoms with van der Waals surface area (Å²) in [6.07, 6.45) is 0. The van der Waals surface area contributed by atoms with E-state index >= 15 is 0 Å². The van der Waals surface area contributed by atoms with E-state index < -0.39 is 0 Å². The van der Waals surface area contributed by atoms with E-state index in [1.807, 2.05) is 11.8 Å². The molecule has 0 aliphatic carbocycles. The molecule has 0 unspecified atom stereocenters. The Morgan fingerprint density at radius 1 is 1.21 bits per heavy atom. The highest BCUT2D eigenvalue weighted by molar-refractivity contribution is 7.99. The normalized spacial score (nSPS) is 11.7. The van der Waals surface area contributed by atoms with E-state index in [0.717, 1.165) is 5.75 Å². The zero-order valence-corrected chi connectivity index (χ0v) is 10.0. The summed E-state index contributed by atoms with van der Waals surface area (Å²) in [6, 6.07) is 8.52. The van der Waals surface area contributed by atoms with Gasteiger partial charge in [0.25, 0.3) is 0 Å². The maximum atomic E-state index is 5.59. The third-order valence-electron chi connectivity index (χ3n) is 1.90. The highest BCUT2D eigenvalue weighted by atomic mass is 32.2. The van der Waals surface area contributed by atoms with Crippen LogP contribution in [0.4, 0.5) is 0 Å². The molecule has 1 aromatic carbocycles. The molecule has 0 heterocycles. The van der Waals surface area contributed by atoms with E-state index in [9.17, 15) is 0 Å². The van der Waals surface area contributed by atoms with Crippen molar-refractivity contribution in [3.8, 4) is 0 Å². The van der Waals surface area contributed by atoms with Gasteiger partial charge in [-0.1, -0.05) is 45.0 Å². The minimum absolute atomic E-state index is 0.332. The average molecular weight is 209 g/mol. The Kier molecular flexibility index (Phi) is 4.02. The van der Waals surface area contributed by atoms with Gasteiger partial charge in [0.05, 0.1) is 0 Å². The molecule has 2 N–H and O–H groups in total. The second kappa shape index (κ2) is 4.85. The summed E-state index contributed by atoms with van der Waals surface area (Å²) in [4.78, 5) is 0. The topological polar surface area (TPSA) is 26.0 Å². The predicted molar refractivity (Wildman–Crippen MR) is 65.4 cm³/mol. The molecule has 1 nitrogen and oxygen atoms in total. The molecule has 0 fully saturated rings. The summed E-state index contributed by atoms with van der Waals surface area (Å²) < 4.78 is 0.332. The van der Waals surface area contributed by atoms with Gasteiger partial charge in [-0.15, -0.1) is 0 Å². The molecular formula is C12H19NS. The molecule has 0 bridgehead atoms. The van der Waals surface area contributed by atoms with Crippen molar-refractivity contribution in [1.29, 1.82) is 0 Å². The first-order valence-electron chi connectivity index (χ1n) is 4.93. The molecular weight excluding hydrogens is 190 g/mol. The number of benzene rings is 1. The molecule has 0 atom stereocenters. The largest absolute Gasteiger partial charge is 0.326 e. The van der Waals surface area contributed by atoms with Gasteiger partial charge in [-0.05, 0) is 11.1 Å². The summed E-state index contributed by atoms with van der Waals surface area (Å²) in [5.74, 6) is 1.07. The van der Waals surface area contributed by atoms with Gasteiger partial charge in [-0.3, -0.25) is 0 Å². The molecule has 2 heteroatoms. The quantitative estimate of drug-likeness (QED) is 0.827.